The van der Waals surface area contributed by atoms with Gasteiger partial charge in [0.2, 0.25) is 5.95 Å². The van der Waals surface area contributed by atoms with Gasteiger partial charge in [-0.3, -0.25) is 4.98 Å². The molecular weight excluding hydrogens is 340 g/mol. The molecular formula is C20H18N6O. The standard InChI is InChI=1S/C20H18N6O/c1-26-18(13-23-19(26)14-5-4-9-21-12-14)17-8-10-22-20(25-17)24-15-6-3-7-16(11-15)27-2/h3-13H,1-2H3,(H,22,24,25). The van der Waals surface area contributed by atoms with Gasteiger partial charge in [-0.25, -0.2) is 15.0 Å². The van der Waals surface area contributed by atoms with Crippen LogP contribution in [0.2, 0.25) is 0 Å². The molecule has 0 saturated heterocycles. The molecule has 0 aliphatic carbocycles. The molecule has 4 aromatic rings. The van der Waals surface area contributed by atoms with Crippen molar-refractivity contribution in [3.63, 3.8) is 0 Å². The lowest BCUT2D eigenvalue weighted by molar-refractivity contribution is 0.415. The Kier molecular flexibility index (Phi) is 4.49. The minimum absolute atomic E-state index is 0.505. The Morgan fingerprint density at radius 3 is 2.74 bits per heavy atom. The smallest absolute Gasteiger partial charge is 0.227 e. The maximum Gasteiger partial charge on any atom is 0.227 e. The van der Waals surface area contributed by atoms with Crippen LogP contribution in [0.1, 0.15) is 0 Å². The van der Waals surface area contributed by atoms with Crippen molar-refractivity contribution in [3.8, 4) is 28.5 Å². The lowest BCUT2D eigenvalue weighted by atomic mass is 10.2. The average Bonchev–Trinajstić information content (AvgIpc) is 3.10. The second kappa shape index (κ2) is 7.25. The van der Waals surface area contributed by atoms with E-state index < -0.39 is 0 Å². The Morgan fingerprint density at radius 1 is 1.00 bits per heavy atom. The van der Waals surface area contributed by atoms with E-state index in [1.165, 1.54) is 0 Å². The summed E-state index contributed by atoms with van der Waals surface area (Å²) in [6.07, 6.45) is 7.07. The quantitative estimate of drug-likeness (QED) is 0.586. The molecule has 0 unspecified atom stereocenters. The Bertz CT molecular complexity index is 1060. The zero-order valence-electron chi connectivity index (χ0n) is 15.0. The molecule has 1 N–H and O–H groups in total. The third-order valence-corrected chi connectivity index (χ3v) is 4.15. The summed E-state index contributed by atoms with van der Waals surface area (Å²) in [7, 11) is 3.60. The summed E-state index contributed by atoms with van der Waals surface area (Å²) in [6.45, 7) is 0. The van der Waals surface area contributed by atoms with Crippen LogP contribution in [0.4, 0.5) is 11.6 Å². The first-order valence-corrected chi connectivity index (χ1v) is 8.41. The molecule has 3 heterocycles. The molecule has 7 nitrogen and oxygen atoms in total. The Hall–Kier alpha value is -3.74. The molecule has 0 amide bonds. The van der Waals surface area contributed by atoms with Crippen LogP contribution >= 0.6 is 0 Å². The van der Waals surface area contributed by atoms with Gasteiger partial charge in [-0.1, -0.05) is 6.07 Å². The second-order valence-electron chi connectivity index (χ2n) is 5.89. The number of aromatic nitrogens is 5. The number of imidazole rings is 1. The number of hydrogen-bond acceptors (Lipinski definition) is 6. The van der Waals surface area contributed by atoms with E-state index in [9.17, 15) is 0 Å². The van der Waals surface area contributed by atoms with Crippen molar-refractivity contribution in [1.82, 2.24) is 24.5 Å². The van der Waals surface area contributed by atoms with Gasteiger partial charge in [0.15, 0.2) is 0 Å². The summed E-state index contributed by atoms with van der Waals surface area (Å²) in [4.78, 5) is 17.6. The Morgan fingerprint density at radius 2 is 1.93 bits per heavy atom. The summed E-state index contributed by atoms with van der Waals surface area (Å²) >= 11 is 0. The van der Waals surface area contributed by atoms with Crippen molar-refractivity contribution in [3.05, 3.63) is 67.3 Å². The van der Waals surface area contributed by atoms with Crippen molar-refractivity contribution in [2.45, 2.75) is 0 Å². The number of pyridine rings is 1. The van der Waals surface area contributed by atoms with Crippen LogP contribution in [0.25, 0.3) is 22.8 Å². The van der Waals surface area contributed by atoms with E-state index in [1.54, 1.807) is 31.9 Å². The van der Waals surface area contributed by atoms with Crippen molar-refractivity contribution in [1.29, 1.82) is 0 Å². The minimum Gasteiger partial charge on any atom is -0.497 e. The highest BCUT2D eigenvalue weighted by Crippen LogP contribution is 2.25. The van der Waals surface area contributed by atoms with E-state index in [4.69, 9.17) is 4.74 Å². The zero-order valence-corrected chi connectivity index (χ0v) is 15.0. The van der Waals surface area contributed by atoms with Gasteiger partial charge in [0.1, 0.15) is 11.6 Å². The number of ether oxygens (including phenoxy) is 1. The first kappa shape index (κ1) is 16.7. The lowest BCUT2D eigenvalue weighted by Crippen LogP contribution is -2.01. The molecule has 0 spiro atoms. The molecule has 0 fully saturated rings. The van der Waals surface area contributed by atoms with Gasteiger partial charge in [-0.05, 0) is 30.3 Å². The molecule has 1 aromatic carbocycles. The fraction of sp³-hybridized carbons (Fsp3) is 0.100. The molecule has 3 aromatic heterocycles. The van der Waals surface area contributed by atoms with Crippen molar-refractivity contribution in [2.24, 2.45) is 7.05 Å². The fourth-order valence-electron chi connectivity index (χ4n) is 2.80. The van der Waals surface area contributed by atoms with E-state index >= 15 is 0 Å². The minimum atomic E-state index is 0.505. The summed E-state index contributed by atoms with van der Waals surface area (Å²) < 4.78 is 7.24. The maximum absolute atomic E-state index is 5.25. The van der Waals surface area contributed by atoms with Crippen LogP contribution in [0.3, 0.4) is 0 Å². The van der Waals surface area contributed by atoms with Crippen LogP contribution < -0.4 is 10.1 Å². The van der Waals surface area contributed by atoms with Crippen LogP contribution in [0.15, 0.2) is 67.3 Å². The number of nitrogens with one attached hydrogen (secondary N) is 1. The predicted octanol–water partition coefficient (Wildman–Crippen LogP) is 3.69. The van der Waals surface area contributed by atoms with E-state index in [0.29, 0.717) is 5.95 Å². The molecule has 27 heavy (non-hydrogen) atoms. The van der Waals surface area contributed by atoms with Gasteiger partial charge >= 0.3 is 0 Å². The van der Waals surface area contributed by atoms with Crippen LogP contribution in [0.5, 0.6) is 5.75 Å². The number of hydrogen-bond donors (Lipinski definition) is 1. The molecule has 7 heteroatoms. The predicted molar refractivity (Wildman–Crippen MR) is 104 cm³/mol. The normalized spacial score (nSPS) is 10.6. The zero-order chi connectivity index (χ0) is 18.6. The number of nitrogens with zero attached hydrogens (tertiary/aromatic N) is 5. The third kappa shape index (κ3) is 3.48. The largest absolute Gasteiger partial charge is 0.497 e. The first-order chi connectivity index (χ1) is 13.2. The highest BCUT2D eigenvalue weighted by atomic mass is 16.5. The van der Waals surface area contributed by atoms with Crippen molar-refractivity contribution >= 4 is 11.6 Å². The molecule has 0 bridgehead atoms. The topological polar surface area (TPSA) is 77.8 Å². The lowest BCUT2D eigenvalue weighted by Gasteiger charge is -2.09. The molecule has 0 radical (unpaired) electrons. The fourth-order valence-corrected chi connectivity index (χ4v) is 2.80. The van der Waals surface area contributed by atoms with Crippen LogP contribution in [0, 0.1) is 0 Å². The Labute approximate surface area is 156 Å². The number of methoxy groups -OCH3 is 1. The summed E-state index contributed by atoms with van der Waals surface area (Å²) in [6, 6.07) is 13.4. The first-order valence-electron chi connectivity index (χ1n) is 8.41. The van der Waals surface area contributed by atoms with Gasteiger partial charge in [-0.2, -0.15) is 0 Å². The van der Waals surface area contributed by atoms with Gasteiger partial charge < -0.3 is 14.6 Å². The molecule has 0 atom stereocenters. The number of rotatable bonds is 5. The highest BCUT2D eigenvalue weighted by molar-refractivity contribution is 5.64. The van der Waals surface area contributed by atoms with E-state index in [0.717, 1.165) is 34.2 Å². The van der Waals surface area contributed by atoms with E-state index in [-0.39, 0.29) is 0 Å². The maximum atomic E-state index is 5.25. The average molecular weight is 358 g/mol. The summed E-state index contributed by atoms with van der Waals surface area (Å²) in [5.74, 6) is 2.10. The van der Waals surface area contributed by atoms with Gasteiger partial charge in [0, 0.05) is 43.0 Å². The monoisotopic (exact) mass is 358 g/mol. The van der Waals surface area contributed by atoms with Gasteiger partial charge in [0.05, 0.1) is 24.7 Å². The molecule has 4 rings (SSSR count). The molecule has 0 aliphatic heterocycles. The van der Waals surface area contributed by atoms with E-state index in [2.05, 4.69) is 25.3 Å². The van der Waals surface area contributed by atoms with Crippen LogP contribution in [-0.2, 0) is 7.05 Å². The van der Waals surface area contributed by atoms with Crippen molar-refractivity contribution < 1.29 is 4.74 Å². The summed E-state index contributed by atoms with van der Waals surface area (Å²) in [5, 5.41) is 3.20. The summed E-state index contributed by atoms with van der Waals surface area (Å²) in [5.41, 5.74) is 3.48. The van der Waals surface area contributed by atoms with Gasteiger partial charge in [-0.15, -0.1) is 0 Å². The van der Waals surface area contributed by atoms with Crippen molar-refractivity contribution in [2.75, 3.05) is 12.4 Å². The number of benzene rings is 1. The highest BCUT2D eigenvalue weighted by Gasteiger charge is 2.12. The molecule has 134 valence electrons. The molecule has 0 aliphatic rings. The van der Waals surface area contributed by atoms with Crippen LogP contribution in [-0.4, -0.2) is 31.6 Å². The number of anilines is 2. The van der Waals surface area contributed by atoms with E-state index in [1.807, 2.05) is 54.1 Å². The molecule has 0 saturated carbocycles. The Balaban J connectivity index is 1.64. The van der Waals surface area contributed by atoms with Gasteiger partial charge in [0.25, 0.3) is 0 Å². The second-order valence-corrected chi connectivity index (χ2v) is 5.89. The third-order valence-electron chi connectivity index (χ3n) is 4.15. The SMILES string of the molecule is COc1cccc(Nc2nccc(-c3cnc(-c4cccnc4)n3C)n2)c1.